The van der Waals surface area contributed by atoms with Crippen molar-refractivity contribution in [2.24, 2.45) is 0 Å². The molecule has 2 rings (SSSR count). The van der Waals surface area contributed by atoms with E-state index in [0.717, 1.165) is 16.7 Å². The monoisotopic (exact) mass is 314 g/mol. The number of nitrogens with zero attached hydrogens (tertiary/aromatic N) is 1. The van der Waals surface area contributed by atoms with Gasteiger partial charge in [0.15, 0.2) is 0 Å². The zero-order chi connectivity index (χ0) is 16.3. The zero-order valence-electron chi connectivity index (χ0n) is 12.8. The quantitative estimate of drug-likeness (QED) is 0.942. The van der Waals surface area contributed by atoms with Crippen molar-refractivity contribution < 1.29 is 8.42 Å². The van der Waals surface area contributed by atoms with Crippen LogP contribution in [0.3, 0.4) is 0 Å². The van der Waals surface area contributed by atoms with E-state index in [0.29, 0.717) is 5.56 Å². The first-order valence-corrected chi connectivity index (χ1v) is 8.41. The number of sulfonamides is 1. The molecule has 1 unspecified atom stereocenters. The van der Waals surface area contributed by atoms with Crippen molar-refractivity contribution in [2.75, 3.05) is 0 Å². The lowest BCUT2D eigenvalue weighted by atomic mass is 10.0. The molecule has 2 aromatic rings. The number of rotatable bonds is 4. The molecule has 0 radical (unpaired) electrons. The van der Waals surface area contributed by atoms with Gasteiger partial charge in [-0.25, -0.2) is 13.1 Å². The summed E-state index contributed by atoms with van der Waals surface area (Å²) < 4.78 is 27.6. The van der Waals surface area contributed by atoms with Crippen LogP contribution in [0, 0.1) is 25.2 Å². The molecule has 1 N–H and O–H groups in total. The summed E-state index contributed by atoms with van der Waals surface area (Å²) in [4.78, 5) is 0.101. The van der Waals surface area contributed by atoms with E-state index < -0.39 is 10.0 Å². The lowest BCUT2D eigenvalue weighted by molar-refractivity contribution is 0.566. The third kappa shape index (κ3) is 3.53. The number of aryl methyl sites for hydroxylation is 2. The molecule has 0 aliphatic rings. The summed E-state index contributed by atoms with van der Waals surface area (Å²) >= 11 is 0. The SMILES string of the molecule is Cc1ccc(C)c(C(C)NS(=O)(=O)c2cccc(C#N)c2)c1. The Balaban J connectivity index is 2.32. The largest absolute Gasteiger partial charge is 0.241 e. The molecule has 0 fully saturated rings. The number of hydrogen-bond donors (Lipinski definition) is 1. The molecule has 0 heterocycles. The van der Waals surface area contributed by atoms with Crippen LogP contribution in [0.4, 0.5) is 0 Å². The fourth-order valence-corrected chi connectivity index (χ4v) is 3.59. The maximum Gasteiger partial charge on any atom is 0.241 e. The van der Waals surface area contributed by atoms with E-state index in [4.69, 9.17) is 5.26 Å². The Morgan fingerprint density at radius 1 is 1.14 bits per heavy atom. The Labute approximate surface area is 131 Å². The van der Waals surface area contributed by atoms with Gasteiger partial charge in [-0.05, 0) is 50.1 Å². The molecule has 0 saturated heterocycles. The maximum atomic E-state index is 12.5. The highest BCUT2D eigenvalue weighted by atomic mass is 32.2. The minimum absolute atomic E-state index is 0.101. The van der Waals surface area contributed by atoms with Crippen molar-refractivity contribution in [3.8, 4) is 6.07 Å². The average Bonchev–Trinajstić information content (AvgIpc) is 2.49. The summed E-state index contributed by atoms with van der Waals surface area (Å²) in [5.74, 6) is 0. The Hall–Kier alpha value is -2.16. The number of hydrogen-bond acceptors (Lipinski definition) is 3. The van der Waals surface area contributed by atoms with Gasteiger partial charge in [-0.15, -0.1) is 0 Å². The highest BCUT2D eigenvalue weighted by Gasteiger charge is 2.19. The van der Waals surface area contributed by atoms with Gasteiger partial charge in [0.1, 0.15) is 0 Å². The van der Waals surface area contributed by atoms with E-state index in [-0.39, 0.29) is 10.9 Å². The first-order chi connectivity index (χ1) is 10.3. The summed E-state index contributed by atoms with van der Waals surface area (Å²) in [7, 11) is -3.67. The van der Waals surface area contributed by atoms with Gasteiger partial charge in [0.05, 0.1) is 16.5 Å². The van der Waals surface area contributed by atoms with Crippen LogP contribution in [0.5, 0.6) is 0 Å². The van der Waals surface area contributed by atoms with Gasteiger partial charge in [-0.2, -0.15) is 5.26 Å². The highest BCUT2D eigenvalue weighted by molar-refractivity contribution is 7.89. The standard InChI is InChI=1S/C17H18N2O2S/c1-12-7-8-13(2)17(9-12)14(3)19-22(20,21)16-6-4-5-15(10-16)11-18/h4-10,14,19H,1-3H3. The predicted octanol–water partition coefficient (Wildman–Crippen LogP) is 3.21. The second kappa shape index (κ2) is 6.30. The van der Waals surface area contributed by atoms with Gasteiger partial charge in [0.2, 0.25) is 10.0 Å². The predicted molar refractivity (Wildman–Crippen MR) is 85.8 cm³/mol. The lowest BCUT2D eigenvalue weighted by Gasteiger charge is -2.17. The van der Waals surface area contributed by atoms with Crippen LogP contribution in [0.2, 0.25) is 0 Å². The highest BCUT2D eigenvalue weighted by Crippen LogP contribution is 2.21. The van der Waals surface area contributed by atoms with E-state index >= 15 is 0 Å². The Bertz CT molecular complexity index is 836. The minimum Gasteiger partial charge on any atom is -0.207 e. The van der Waals surface area contributed by atoms with Gasteiger partial charge >= 0.3 is 0 Å². The van der Waals surface area contributed by atoms with Gasteiger partial charge < -0.3 is 0 Å². The summed E-state index contributed by atoms with van der Waals surface area (Å²) in [6.45, 7) is 5.74. The molecular weight excluding hydrogens is 296 g/mol. The van der Waals surface area contributed by atoms with Crippen molar-refractivity contribution in [1.82, 2.24) is 4.72 Å². The first-order valence-electron chi connectivity index (χ1n) is 6.93. The normalized spacial score (nSPS) is 12.6. The van der Waals surface area contributed by atoms with E-state index in [1.807, 2.05) is 45.0 Å². The fourth-order valence-electron chi connectivity index (χ4n) is 2.32. The van der Waals surface area contributed by atoms with Crippen LogP contribution < -0.4 is 4.72 Å². The number of nitrogens with one attached hydrogen (secondary N) is 1. The first kappa shape index (κ1) is 16.2. The third-order valence-corrected chi connectivity index (χ3v) is 5.05. The van der Waals surface area contributed by atoms with E-state index in [1.54, 1.807) is 12.1 Å². The van der Waals surface area contributed by atoms with Crippen molar-refractivity contribution in [1.29, 1.82) is 5.26 Å². The van der Waals surface area contributed by atoms with E-state index in [9.17, 15) is 8.42 Å². The van der Waals surface area contributed by atoms with Crippen LogP contribution in [-0.4, -0.2) is 8.42 Å². The molecule has 0 aromatic heterocycles. The van der Waals surface area contributed by atoms with Gasteiger partial charge in [0.25, 0.3) is 0 Å². The summed E-state index contributed by atoms with van der Waals surface area (Å²) in [6.07, 6.45) is 0. The average molecular weight is 314 g/mol. The number of benzene rings is 2. The summed E-state index contributed by atoms with van der Waals surface area (Å²) in [6, 6.07) is 13.6. The third-order valence-electron chi connectivity index (χ3n) is 3.51. The van der Waals surface area contributed by atoms with Gasteiger partial charge in [0, 0.05) is 6.04 Å². The fraction of sp³-hybridized carbons (Fsp3) is 0.235. The molecule has 4 nitrogen and oxygen atoms in total. The minimum atomic E-state index is -3.67. The number of nitriles is 1. The van der Waals surface area contributed by atoms with Crippen molar-refractivity contribution in [3.63, 3.8) is 0 Å². The Morgan fingerprint density at radius 3 is 2.55 bits per heavy atom. The van der Waals surface area contributed by atoms with E-state index in [1.165, 1.54) is 12.1 Å². The van der Waals surface area contributed by atoms with Crippen LogP contribution >= 0.6 is 0 Å². The second-order valence-corrected chi connectivity index (χ2v) is 7.06. The molecule has 2 aromatic carbocycles. The molecular formula is C17H18N2O2S. The lowest BCUT2D eigenvalue weighted by Crippen LogP contribution is -2.27. The molecule has 0 aliphatic heterocycles. The van der Waals surface area contributed by atoms with Crippen molar-refractivity contribution in [3.05, 3.63) is 64.7 Å². The molecule has 114 valence electrons. The van der Waals surface area contributed by atoms with Gasteiger partial charge in [-0.3, -0.25) is 0 Å². The summed E-state index contributed by atoms with van der Waals surface area (Å²) in [5.41, 5.74) is 3.38. The molecule has 0 spiro atoms. The van der Waals surface area contributed by atoms with Crippen LogP contribution in [0.15, 0.2) is 47.4 Å². The molecule has 0 amide bonds. The molecule has 22 heavy (non-hydrogen) atoms. The smallest absolute Gasteiger partial charge is 0.207 e. The molecule has 0 aliphatic carbocycles. The van der Waals surface area contributed by atoms with Crippen LogP contribution in [-0.2, 0) is 10.0 Å². The van der Waals surface area contributed by atoms with E-state index in [2.05, 4.69) is 4.72 Å². The zero-order valence-corrected chi connectivity index (χ0v) is 13.6. The topological polar surface area (TPSA) is 70.0 Å². The molecule has 0 saturated carbocycles. The molecule has 5 heteroatoms. The van der Waals surface area contributed by atoms with Crippen LogP contribution in [0.25, 0.3) is 0 Å². The van der Waals surface area contributed by atoms with Crippen LogP contribution in [0.1, 0.15) is 35.2 Å². The Morgan fingerprint density at radius 2 is 1.86 bits per heavy atom. The second-order valence-electron chi connectivity index (χ2n) is 5.34. The summed E-state index contributed by atoms with van der Waals surface area (Å²) in [5, 5.41) is 8.89. The maximum absolute atomic E-state index is 12.5. The van der Waals surface area contributed by atoms with Crippen molar-refractivity contribution in [2.45, 2.75) is 31.7 Å². The molecule has 0 bridgehead atoms. The molecule has 1 atom stereocenters. The Kier molecular flexibility index (Phi) is 4.65. The van der Waals surface area contributed by atoms with Gasteiger partial charge in [-0.1, -0.05) is 29.8 Å². The van der Waals surface area contributed by atoms with Crippen molar-refractivity contribution >= 4 is 10.0 Å².